The topological polar surface area (TPSA) is 0 Å². The first-order valence-electron chi connectivity index (χ1n) is 7.79. The van der Waals surface area contributed by atoms with Gasteiger partial charge >= 0.3 is 0 Å². The van der Waals surface area contributed by atoms with Crippen molar-refractivity contribution in [1.82, 2.24) is 0 Å². The van der Waals surface area contributed by atoms with Gasteiger partial charge in [-0.3, -0.25) is 0 Å². The van der Waals surface area contributed by atoms with Crippen LogP contribution >= 0.6 is 0 Å². The summed E-state index contributed by atoms with van der Waals surface area (Å²) in [4.78, 5) is 0. The van der Waals surface area contributed by atoms with Gasteiger partial charge in [-0.15, -0.1) is 0 Å². The predicted octanol–water partition coefficient (Wildman–Crippen LogP) is 5.69. The van der Waals surface area contributed by atoms with Crippen molar-refractivity contribution in [2.75, 3.05) is 0 Å². The lowest BCUT2D eigenvalue weighted by atomic mass is 9.93. The molecule has 1 aliphatic rings. The van der Waals surface area contributed by atoms with Gasteiger partial charge in [0.1, 0.15) is 5.82 Å². The maximum atomic E-state index is 14.1. The summed E-state index contributed by atoms with van der Waals surface area (Å²) in [7, 11) is 0. The van der Waals surface area contributed by atoms with Crippen molar-refractivity contribution in [2.24, 2.45) is 0 Å². The van der Waals surface area contributed by atoms with Crippen LogP contribution in [0.1, 0.15) is 16.7 Å². The Hall–Kier alpha value is -2.41. The van der Waals surface area contributed by atoms with E-state index in [1.54, 1.807) is 6.07 Å². The molecule has 0 spiro atoms. The van der Waals surface area contributed by atoms with Crippen LogP contribution in [0, 0.1) is 12.7 Å². The Morgan fingerprint density at radius 2 is 1.59 bits per heavy atom. The van der Waals surface area contributed by atoms with Gasteiger partial charge in [0.2, 0.25) is 0 Å². The minimum atomic E-state index is -0.138. The number of hydrogen-bond donors (Lipinski definition) is 0. The fourth-order valence-electron chi connectivity index (χ4n) is 4.13. The van der Waals surface area contributed by atoms with Gasteiger partial charge in [-0.2, -0.15) is 0 Å². The highest BCUT2D eigenvalue weighted by Gasteiger charge is 2.19. The molecule has 1 heteroatoms. The van der Waals surface area contributed by atoms with Crippen molar-refractivity contribution in [1.29, 1.82) is 0 Å². The molecule has 0 heterocycles. The molecule has 0 N–H and O–H groups in total. The molecule has 0 nitrogen and oxygen atoms in total. The summed E-state index contributed by atoms with van der Waals surface area (Å²) in [6, 6.07) is 16.1. The lowest BCUT2D eigenvalue weighted by Crippen LogP contribution is -1.87. The Bertz CT molecular complexity index is 1090. The van der Waals surface area contributed by atoms with Crippen LogP contribution in [0.2, 0.25) is 0 Å². The lowest BCUT2D eigenvalue weighted by Gasteiger charge is -2.11. The molecule has 0 radical (unpaired) electrons. The van der Waals surface area contributed by atoms with Gasteiger partial charge < -0.3 is 0 Å². The van der Waals surface area contributed by atoms with Crippen molar-refractivity contribution in [3.05, 3.63) is 71.0 Å². The van der Waals surface area contributed by atoms with Crippen LogP contribution in [0.4, 0.5) is 4.39 Å². The van der Waals surface area contributed by atoms with E-state index in [2.05, 4.69) is 31.2 Å². The zero-order valence-corrected chi connectivity index (χ0v) is 12.4. The normalized spacial score (nSPS) is 13.5. The Morgan fingerprint density at radius 3 is 2.50 bits per heavy atom. The molecule has 0 bridgehead atoms. The molecule has 0 saturated heterocycles. The molecule has 5 rings (SSSR count). The number of rotatable bonds is 0. The van der Waals surface area contributed by atoms with Gasteiger partial charge in [0.15, 0.2) is 0 Å². The zero-order valence-electron chi connectivity index (χ0n) is 12.4. The monoisotopic (exact) mass is 286 g/mol. The Labute approximate surface area is 128 Å². The van der Waals surface area contributed by atoms with E-state index in [0.717, 1.165) is 18.2 Å². The fourth-order valence-corrected chi connectivity index (χ4v) is 4.13. The molecule has 0 saturated carbocycles. The highest BCUT2D eigenvalue weighted by atomic mass is 19.1. The third-order valence-electron chi connectivity index (χ3n) is 5.18. The van der Waals surface area contributed by atoms with Gasteiger partial charge in [-0.1, -0.05) is 36.4 Å². The first kappa shape index (κ1) is 12.2. The van der Waals surface area contributed by atoms with Crippen molar-refractivity contribution in [3.63, 3.8) is 0 Å². The van der Waals surface area contributed by atoms with Crippen LogP contribution in [0.15, 0.2) is 48.5 Å². The van der Waals surface area contributed by atoms with E-state index in [4.69, 9.17) is 0 Å². The van der Waals surface area contributed by atoms with Crippen LogP contribution in [-0.4, -0.2) is 0 Å². The number of aryl methyl sites for hydroxylation is 3. The predicted molar refractivity (Wildman–Crippen MR) is 91.1 cm³/mol. The summed E-state index contributed by atoms with van der Waals surface area (Å²) in [6.45, 7) is 2.20. The van der Waals surface area contributed by atoms with Crippen LogP contribution in [0.3, 0.4) is 0 Å². The molecular weight excluding hydrogens is 271 g/mol. The molecule has 0 fully saturated rings. The minimum absolute atomic E-state index is 0.138. The first-order valence-corrected chi connectivity index (χ1v) is 7.79. The third kappa shape index (κ3) is 1.41. The average molecular weight is 286 g/mol. The molecule has 0 atom stereocenters. The van der Waals surface area contributed by atoms with E-state index in [0.29, 0.717) is 5.39 Å². The zero-order chi connectivity index (χ0) is 14.8. The van der Waals surface area contributed by atoms with Gasteiger partial charge in [0.25, 0.3) is 0 Å². The summed E-state index contributed by atoms with van der Waals surface area (Å²) >= 11 is 0. The van der Waals surface area contributed by atoms with Crippen molar-refractivity contribution in [3.8, 4) is 0 Å². The molecule has 4 aromatic carbocycles. The maximum absolute atomic E-state index is 14.1. The lowest BCUT2D eigenvalue weighted by molar-refractivity contribution is 0.640. The molecule has 0 amide bonds. The van der Waals surface area contributed by atoms with Gasteiger partial charge in [0, 0.05) is 5.39 Å². The second-order valence-electron chi connectivity index (χ2n) is 6.31. The van der Waals surface area contributed by atoms with Crippen molar-refractivity contribution in [2.45, 2.75) is 19.8 Å². The molecule has 4 aromatic rings. The van der Waals surface area contributed by atoms with Crippen molar-refractivity contribution < 1.29 is 4.39 Å². The largest absolute Gasteiger partial charge is 0.206 e. The number of fused-ring (bicyclic) bond motifs is 4. The SMILES string of the molecule is Cc1ccc2cc3c(ccc4c(F)cccc43)c3c2c1CC3. The first-order chi connectivity index (χ1) is 10.7. The van der Waals surface area contributed by atoms with Crippen LogP contribution in [0.25, 0.3) is 32.3 Å². The summed E-state index contributed by atoms with van der Waals surface area (Å²) < 4.78 is 14.1. The second kappa shape index (κ2) is 4.07. The van der Waals surface area contributed by atoms with Crippen LogP contribution < -0.4 is 0 Å². The van der Waals surface area contributed by atoms with Gasteiger partial charge in [0.05, 0.1) is 0 Å². The average Bonchev–Trinajstić information content (AvgIpc) is 2.98. The third-order valence-corrected chi connectivity index (χ3v) is 5.18. The van der Waals surface area contributed by atoms with E-state index in [1.165, 1.54) is 44.3 Å². The van der Waals surface area contributed by atoms with E-state index in [9.17, 15) is 4.39 Å². The van der Waals surface area contributed by atoms with Gasteiger partial charge in [-0.25, -0.2) is 4.39 Å². The summed E-state index contributed by atoms with van der Waals surface area (Å²) in [5.74, 6) is -0.138. The van der Waals surface area contributed by atoms with Gasteiger partial charge in [-0.05, 0) is 75.5 Å². The Morgan fingerprint density at radius 1 is 0.773 bits per heavy atom. The summed E-state index contributed by atoms with van der Waals surface area (Å²) in [5, 5.41) is 6.92. The smallest absolute Gasteiger partial charge is 0.131 e. The Kier molecular flexibility index (Phi) is 2.25. The second-order valence-corrected chi connectivity index (χ2v) is 6.31. The standard InChI is InChI=1S/C21H15F/c1-12-5-6-13-11-19-15-3-2-4-20(22)17(15)9-8-16(19)18-10-7-14(12)21(13)18/h2-6,8-9,11H,7,10H2,1H3. The molecular formula is C21H15F. The van der Waals surface area contributed by atoms with E-state index in [1.807, 2.05) is 12.1 Å². The van der Waals surface area contributed by atoms with Crippen molar-refractivity contribution >= 4 is 32.3 Å². The van der Waals surface area contributed by atoms with E-state index in [-0.39, 0.29) is 5.82 Å². The number of hydrogen-bond acceptors (Lipinski definition) is 0. The highest BCUT2D eigenvalue weighted by Crippen LogP contribution is 2.40. The minimum Gasteiger partial charge on any atom is -0.206 e. The summed E-state index contributed by atoms with van der Waals surface area (Å²) in [5.41, 5.74) is 4.32. The molecule has 22 heavy (non-hydrogen) atoms. The quantitative estimate of drug-likeness (QED) is 0.287. The maximum Gasteiger partial charge on any atom is 0.131 e. The molecule has 1 aliphatic carbocycles. The Balaban J connectivity index is 2.07. The number of benzene rings is 4. The fraction of sp³-hybridized carbons (Fsp3) is 0.143. The molecule has 0 aliphatic heterocycles. The van der Waals surface area contributed by atoms with E-state index < -0.39 is 0 Å². The number of halogens is 1. The van der Waals surface area contributed by atoms with E-state index >= 15 is 0 Å². The van der Waals surface area contributed by atoms with Crippen LogP contribution in [-0.2, 0) is 12.8 Å². The summed E-state index contributed by atoms with van der Waals surface area (Å²) in [6.07, 6.45) is 2.22. The molecule has 106 valence electrons. The molecule has 0 unspecified atom stereocenters. The highest BCUT2D eigenvalue weighted by molar-refractivity contribution is 6.15. The van der Waals surface area contributed by atoms with Crippen LogP contribution in [0.5, 0.6) is 0 Å². The molecule has 0 aromatic heterocycles.